The van der Waals surface area contributed by atoms with Crippen molar-refractivity contribution in [1.82, 2.24) is 14.7 Å². The molecule has 2 aromatic carbocycles. The molecule has 1 aliphatic heterocycles. The van der Waals surface area contributed by atoms with E-state index in [0.29, 0.717) is 35.9 Å². The highest BCUT2D eigenvalue weighted by molar-refractivity contribution is 7.89. The Morgan fingerprint density at radius 2 is 1.79 bits per heavy atom. The average Bonchev–Trinajstić information content (AvgIpc) is 3.28. The first-order valence-electron chi connectivity index (χ1n) is 10.6. The zero-order chi connectivity index (χ0) is 23.6. The predicted octanol–water partition coefficient (Wildman–Crippen LogP) is 2.31. The van der Waals surface area contributed by atoms with Gasteiger partial charge >= 0.3 is 0 Å². The summed E-state index contributed by atoms with van der Waals surface area (Å²) in [7, 11) is -2.42. The lowest BCUT2D eigenvalue weighted by Crippen LogP contribution is -2.35. The lowest BCUT2D eigenvalue weighted by Gasteiger charge is -2.25. The van der Waals surface area contributed by atoms with E-state index in [1.54, 1.807) is 28.8 Å². The van der Waals surface area contributed by atoms with E-state index in [-0.39, 0.29) is 16.4 Å². The number of carbonyl (C=O) groups is 1. The summed E-state index contributed by atoms with van der Waals surface area (Å²) in [6, 6.07) is 13.4. The van der Waals surface area contributed by atoms with Crippen molar-refractivity contribution in [1.29, 1.82) is 0 Å². The standard InChI is InChI=1S/C23H26N4O5S/c1-32-19-8-5-16(6-9-19)21-14-20(23(29)26-11-3-2-4-12-26)25-27(21)18-7-10-22(33(24,30)31)17(13-18)15-28/h5-10,13-14,28H,2-4,11-12,15H2,1H3,(H2,24,30,31). The molecule has 174 valence electrons. The molecule has 0 aliphatic carbocycles. The third kappa shape index (κ3) is 4.77. The van der Waals surface area contributed by atoms with Crippen molar-refractivity contribution in [2.24, 2.45) is 5.14 Å². The average molecular weight is 471 g/mol. The quantitative estimate of drug-likeness (QED) is 0.569. The Kier molecular flexibility index (Phi) is 6.50. The molecular formula is C23H26N4O5S. The number of piperidine rings is 1. The Balaban J connectivity index is 1.83. The van der Waals surface area contributed by atoms with Crippen LogP contribution in [0.5, 0.6) is 5.75 Å². The van der Waals surface area contributed by atoms with Crippen LogP contribution in [0.15, 0.2) is 53.4 Å². The van der Waals surface area contributed by atoms with Crippen LogP contribution in [-0.2, 0) is 16.6 Å². The number of hydrogen-bond donors (Lipinski definition) is 2. The van der Waals surface area contributed by atoms with Gasteiger partial charge in [-0.25, -0.2) is 18.2 Å². The van der Waals surface area contributed by atoms with E-state index in [1.165, 1.54) is 12.1 Å². The van der Waals surface area contributed by atoms with Crippen LogP contribution in [0.3, 0.4) is 0 Å². The summed E-state index contributed by atoms with van der Waals surface area (Å²) in [6.45, 7) is 0.876. The molecule has 0 radical (unpaired) electrons. The lowest BCUT2D eigenvalue weighted by molar-refractivity contribution is 0.0718. The zero-order valence-corrected chi connectivity index (χ0v) is 19.1. The molecule has 3 aromatic rings. The molecule has 4 rings (SSSR count). The van der Waals surface area contributed by atoms with Crippen LogP contribution < -0.4 is 9.88 Å². The molecule has 0 spiro atoms. The van der Waals surface area contributed by atoms with E-state index in [1.807, 2.05) is 24.3 Å². The summed E-state index contributed by atoms with van der Waals surface area (Å²) in [6.07, 6.45) is 3.04. The number of primary sulfonamides is 1. The SMILES string of the molecule is COc1ccc(-c2cc(C(=O)N3CCCCC3)nn2-c2ccc(S(N)(=O)=O)c(CO)c2)cc1. The van der Waals surface area contributed by atoms with Crippen LogP contribution in [0.4, 0.5) is 0 Å². The number of nitrogens with zero attached hydrogens (tertiary/aromatic N) is 3. The second-order valence-electron chi connectivity index (χ2n) is 7.90. The molecule has 2 heterocycles. The Labute approximate surface area is 192 Å². The minimum atomic E-state index is -4.00. The summed E-state index contributed by atoms with van der Waals surface area (Å²) in [5, 5.41) is 19.6. The third-order valence-electron chi connectivity index (χ3n) is 5.72. The van der Waals surface area contributed by atoms with E-state index in [9.17, 15) is 18.3 Å². The minimum Gasteiger partial charge on any atom is -0.497 e. The van der Waals surface area contributed by atoms with E-state index >= 15 is 0 Å². The molecule has 1 saturated heterocycles. The fraction of sp³-hybridized carbons (Fsp3) is 0.304. The fourth-order valence-electron chi connectivity index (χ4n) is 4.01. The third-order valence-corrected chi connectivity index (χ3v) is 6.73. The van der Waals surface area contributed by atoms with Crippen LogP contribution in [-0.4, -0.2) is 54.3 Å². The number of sulfonamides is 1. The number of methoxy groups -OCH3 is 1. The highest BCUT2D eigenvalue weighted by Gasteiger charge is 2.24. The van der Waals surface area contributed by atoms with Gasteiger partial charge in [0.2, 0.25) is 10.0 Å². The molecular weight excluding hydrogens is 444 g/mol. The molecule has 0 saturated carbocycles. The minimum absolute atomic E-state index is 0.147. The normalized spacial score (nSPS) is 14.3. The van der Waals surface area contributed by atoms with Crippen molar-refractivity contribution in [3.8, 4) is 22.7 Å². The molecule has 1 fully saturated rings. The van der Waals surface area contributed by atoms with Gasteiger partial charge in [-0.15, -0.1) is 0 Å². The molecule has 0 bridgehead atoms. The van der Waals surface area contributed by atoms with E-state index in [4.69, 9.17) is 9.88 Å². The number of benzene rings is 2. The van der Waals surface area contributed by atoms with Crippen molar-refractivity contribution in [3.63, 3.8) is 0 Å². The topological polar surface area (TPSA) is 128 Å². The summed E-state index contributed by atoms with van der Waals surface area (Å²) in [4.78, 5) is 14.8. The summed E-state index contributed by atoms with van der Waals surface area (Å²) in [5.74, 6) is 0.543. The first-order chi connectivity index (χ1) is 15.8. The second kappa shape index (κ2) is 9.34. The first kappa shape index (κ1) is 23.0. The summed E-state index contributed by atoms with van der Waals surface area (Å²) < 4.78 is 30.5. The maximum atomic E-state index is 13.1. The van der Waals surface area contributed by atoms with Gasteiger partial charge < -0.3 is 14.7 Å². The lowest BCUT2D eigenvalue weighted by atomic mass is 10.1. The number of amides is 1. The highest BCUT2D eigenvalue weighted by atomic mass is 32.2. The van der Waals surface area contributed by atoms with Gasteiger partial charge in [-0.2, -0.15) is 5.10 Å². The van der Waals surface area contributed by atoms with Crippen molar-refractivity contribution in [2.75, 3.05) is 20.2 Å². The predicted molar refractivity (Wildman–Crippen MR) is 123 cm³/mol. The number of carbonyl (C=O) groups excluding carboxylic acids is 1. The second-order valence-corrected chi connectivity index (χ2v) is 9.43. The van der Waals surface area contributed by atoms with Crippen LogP contribution >= 0.6 is 0 Å². The number of aliphatic hydroxyl groups is 1. The maximum Gasteiger partial charge on any atom is 0.274 e. The number of aliphatic hydroxyl groups excluding tert-OH is 1. The zero-order valence-electron chi connectivity index (χ0n) is 18.3. The van der Waals surface area contributed by atoms with Crippen LogP contribution in [0.25, 0.3) is 16.9 Å². The van der Waals surface area contributed by atoms with Crippen molar-refractivity contribution < 1.29 is 23.1 Å². The van der Waals surface area contributed by atoms with Gasteiger partial charge in [-0.3, -0.25) is 4.79 Å². The molecule has 3 N–H and O–H groups in total. The number of aromatic nitrogens is 2. The molecule has 1 amide bonds. The molecule has 10 heteroatoms. The monoisotopic (exact) mass is 470 g/mol. The molecule has 0 atom stereocenters. The number of likely N-dealkylation sites (tertiary alicyclic amines) is 1. The van der Waals surface area contributed by atoms with Gasteiger partial charge in [0, 0.05) is 18.7 Å². The van der Waals surface area contributed by atoms with E-state index in [2.05, 4.69) is 5.10 Å². The molecule has 1 aromatic heterocycles. The van der Waals surface area contributed by atoms with E-state index in [0.717, 1.165) is 24.8 Å². The van der Waals surface area contributed by atoms with Gasteiger partial charge in [0.05, 0.1) is 30.0 Å². The van der Waals surface area contributed by atoms with Crippen LogP contribution in [0.1, 0.15) is 35.3 Å². The molecule has 33 heavy (non-hydrogen) atoms. The summed E-state index contributed by atoms with van der Waals surface area (Å²) in [5.41, 5.74) is 2.38. The molecule has 0 unspecified atom stereocenters. The number of rotatable bonds is 6. The van der Waals surface area contributed by atoms with Gasteiger partial charge in [0.25, 0.3) is 5.91 Å². The van der Waals surface area contributed by atoms with Gasteiger partial charge in [0.1, 0.15) is 5.75 Å². The van der Waals surface area contributed by atoms with Crippen molar-refractivity contribution >= 4 is 15.9 Å². The number of nitrogens with two attached hydrogens (primary N) is 1. The van der Waals surface area contributed by atoms with Crippen molar-refractivity contribution in [2.45, 2.75) is 30.8 Å². The number of hydrogen-bond acceptors (Lipinski definition) is 6. The first-order valence-corrected chi connectivity index (χ1v) is 12.2. The van der Waals surface area contributed by atoms with Crippen molar-refractivity contribution in [3.05, 3.63) is 59.8 Å². The largest absolute Gasteiger partial charge is 0.497 e. The van der Waals surface area contributed by atoms with E-state index < -0.39 is 16.6 Å². The molecule has 1 aliphatic rings. The number of ether oxygens (including phenoxy) is 1. The van der Waals surface area contributed by atoms with Gasteiger partial charge in [-0.05, 0) is 73.4 Å². The fourth-order valence-corrected chi connectivity index (χ4v) is 4.75. The molecule has 9 nitrogen and oxygen atoms in total. The van der Waals surface area contributed by atoms with Gasteiger partial charge in [0.15, 0.2) is 5.69 Å². The van der Waals surface area contributed by atoms with Crippen LogP contribution in [0, 0.1) is 0 Å². The Bertz CT molecular complexity index is 1260. The maximum absolute atomic E-state index is 13.1. The Morgan fingerprint density at radius 3 is 2.39 bits per heavy atom. The smallest absolute Gasteiger partial charge is 0.274 e. The summed E-state index contributed by atoms with van der Waals surface area (Å²) >= 11 is 0. The van der Waals surface area contributed by atoms with Crippen LogP contribution in [0.2, 0.25) is 0 Å². The Hall–Kier alpha value is -3.21. The van der Waals surface area contributed by atoms with Gasteiger partial charge in [-0.1, -0.05) is 0 Å². The Morgan fingerprint density at radius 1 is 1.09 bits per heavy atom. The highest BCUT2D eigenvalue weighted by Crippen LogP contribution is 2.28.